The van der Waals surface area contributed by atoms with Crippen LogP contribution in [0.5, 0.6) is 0 Å². The molecule has 1 aliphatic rings. The second-order valence-corrected chi connectivity index (χ2v) is 2.29. The van der Waals surface area contributed by atoms with Crippen LogP contribution < -0.4 is 0 Å². The van der Waals surface area contributed by atoms with Crippen molar-refractivity contribution in [3.63, 3.8) is 0 Å². The number of allylic oxidation sites excluding steroid dienone is 4. The molecule has 0 aliphatic heterocycles. The predicted octanol–water partition coefficient (Wildman–Crippen LogP) is 1.55. The first-order valence-electron chi connectivity index (χ1n) is 3.70. The Balaban J connectivity index is 0.000000202. The largest absolute Gasteiger partial charge is 0.476 e. The molecule has 0 aromatic carbocycles. The zero-order chi connectivity index (χ0) is 9.40. The molecule has 0 amide bonds. The van der Waals surface area contributed by atoms with Crippen molar-refractivity contribution in [2.45, 2.75) is 19.8 Å². The van der Waals surface area contributed by atoms with Crippen LogP contribution in [0.25, 0.3) is 0 Å². The fraction of sp³-hybridized carbons (Fsp3) is 0.333. The summed E-state index contributed by atoms with van der Waals surface area (Å²) in [5.41, 5.74) is 0. The third-order valence-corrected chi connectivity index (χ3v) is 1.18. The normalized spacial score (nSPS) is 13.1. The lowest BCUT2D eigenvalue weighted by molar-refractivity contribution is -0.148. The van der Waals surface area contributed by atoms with Crippen molar-refractivity contribution >= 4 is 11.8 Å². The number of hydrogen-bond donors (Lipinski definition) is 1. The van der Waals surface area contributed by atoms with Gasteiger partial charge in [0, 0.05) is 6.92 Å². The topological polar surface area (TPSA) is 54.4 Å². The highest BCUT2D eigenvalue weighted by Crippen LogP contribution is 1.98. The average Bonchev–Trinajstić information content (AvgIpc) is 2.08. The summed E-state index contributed by atoms with van der Waals surface area (Å²) in [5, 5.41) is 7.64. The number of rotatable bonds is 1. The van der Waals surface area contributed by atoms with Crippen LogP contribution in [0.15, 0.2) is 24.3 Å². The first-order chi connectivity index (χ1) is 5.64. The van der Waals surface area contributed by atoms with Gasteiger partial charge in [0.05, 0.1) is 0 Å². The second kappa shape index (κ2) is 6.34. The van der Waals surface area contributed by atoms with Gasteiger partial charge in [-0.25, -0.2) is 4.79 Å². The molecule has 0 fully saturated rings. The number of aliphatic carboxylic acids is 1. The van der Waals surface area contributed by atoms with Crippen molar-refractivity contribution in [1.82, 2.24) is 0 Å². The van der Waals surface area contributed by atoms with E-state index in [1.54, 1.807) is 0 Å². The van der Waals surface area contributed by atoms with Crippen molar-refractivity contribution in [2.75, 3.05) is 0 Å². The second-order valence-electron chi connectivity index (χ2n) is 2.29. The highest BCUT2D eigenvalue weighted by molar-refractivity contribution is 6.31. The summed E-state index contributed by atoms with van der Waals surface area (Å²) in [6, 6.07) is 0. The van der Waals surface area contributed by atoms with E-state index in [4.69, 9.17) is 5.11 Å². The molecule has 0 bridgehead atoms. The number of ketones is 1. The molecular weight excluding hydrogens is 156 g/mol. The Morgan fingerprint density at radius 1 is 1.17 bits per heavy atom. The summed E-state index contributed by atoms with van der Waals surface area (Å²) in [7, 11) is 0. The number of carboxylic acids is 1. The molecule has 0 saturated carbocycles. The van der Waals surface area contributed by atoms with E-state index in [1.165, 1.54) is 12.8 Å². The van der Waals surface area contributed by atoms with E-state index >= 15 is 0 Å². The van der Waals surface area contributed by atoms with E-state index in [1.807, 2.05) is 0 Å². The Morgan fingerprint density at radius 2 is 1.50 bits per heavy atom. The molecule has 1 N–H and O–H groups in total. The molecule has 3 nitrogen and oxygen atoms in total. The van der Waals surface area contributed by atoms with Gasteiger partial charge < -0.3 is 5.11 Å². The molecule has 0 radical (unpaired) electrons. The van der Waals surface area contributed by atoms with Crippen LogP contribution >= 0.6 is 0 Å². The van der Waals surface area contributed by atoms with Gasteiger partial charge in [0.15, 0.2) is 0 Å². The van der Waals surface area contributed by atoms with Gasteiger partial charge in [0.25, 0.3) is 0 Å². The summed E-state index contributed by atoms with van der Waals surface area (Å²) < 4.78 is 0. The van der Waals surface area contributed by atoms with E-state index in [-0.39, 0.29) is 0 Å². The third-order valence-electron chi connectivity index (χ3n) is 1.18. The molecule has 1 aliphatic carbocycles. The predicted molar refractivity (Wildman–Crippen MR) is 45.8 cm³/mol. The van der Waals surface area contributed by atoms with E-state index in [0.29, 0.717) is 0 Å². The van der Waals surface area contributed by atoms with Crippen LogP contribution in [-0.4, -0.2) is 16.9 Å². The van der Waals surface area contributed by atoms with Crippen LogP contribution in [0.1, 0.15) is 19.8 Å². The molecule has 0 aromatic rings. The molecule has 1 rings (SSSR count). The summed E-state index contributed by atoms with van der Waals surface area (Å²) in [4.78, 5) is 18.9. The number of carbonyl (C=O) groups excluding carboxylic acids is 1. The van der Waals surface area contributed by atoms with Crippen molar-refractivity contribution in [3.05, 3.63) is 24.3 Å². The molecule has 3 heteroatoms. The Kier molecular flexibility index (Phi) is 5.61. The third kappa shape index (κ3) is 6.74. The van der Waals surface area contributed by atoms with Gasteiger partial charge in [0.2, 0.25) is 5.78 Å². The van der Waals surface area contributed by atoms with Gasteiger partial charge in [-0.2, -0.15) is 0 Å². The minimum absolute atomic E-state index is 0.824. The zero-order valence-corrected chi connectivity index (χ0v) is 6.99. The molecule has 0 heterocycles. The molecule has 0 atom stereocenters. The van der Waals surface area contributed by atoms with Gasteiger partial charge in [-0.05, 0) is 12.8 Å². The van der Waals surface area contributed by atoms with Gasteiger partial charge in [0.1, 0.15) is 0 Å². The van der Waals surface area contributed by atoms with Crippen LogP contribution in [0, 0.1) is 0 Å². The molecule has 66 valence electrons. The molecular formula is C9H12O3. The Hall–Kier alpha value is -1.38. The Morgan fingerprint density at radius 3 is 1.58 bits per heavy atom. The van der Waals surface area contributed by atoms with Crippen LogP contribution in [0.3, 0.4) is 0 Å². The maximum absolute atomic E-state index is 9.54. The van der Waals surface area contributed by atoms with Crippen molar-refractivity contribution < 1.29 is 14.7 Å². The lowest BCUT2D eigenvalue weighted by Gasteiger charge is -1.88. The lowest BCUT2D eigenvalue weighted by atomic mass is 10.2. The fourth-order valence-corrected chi connectivity index (χ4v) is 0.542. The maximum Gasteiger partial charge on any atom is 0.371 e. The highest BCUT2D eigenvalue weighted by Gasteiger charge is 1.98. The van der Waals surface area contributed by atoms with Crippen LogP contribution in [0.2, 0.25) is 0 Å². The molecule has 0 aromatic heterocycles. The quantitative estimate of drug-likeness (QED) is 0.604. The zero-order valence-electron chi connectivity index (χ0n) is 6.99. The van der Waals surface area contributed by atoms with E-state index in [2.05, 4.69) is 24.3 Å². The molecule has 0 spiro atoms. The lowest BCUT2D eigenvalue weighted by Crippen LogP contribution is -2.05. The summed E-state index contributed by atoms with van der Waals surface area (Å²) in [6.07, 6.45) is 11.0. The van der Waals surface area contributed by atoms with Gasteiger partial charge in [-0.3, -0.25) is 4.79 Å². The molecule has 0 saturated heterocycles. The smallest absolute Gasteiger partial charge is 0.371 e. The van der Waals surface area contributed by atoms with E-state index < -0.39 is 11.8 Å². The average molecular weight is 168 g/mol. The fourth-order valence-electron chi connectivity index (χ4n) is 0.542. The summed E-state index contributed by atoms with van der Waals surface area (Å²) in [6.45, 7) is 1.00. The summed E-state index contributed by atoms with van der Waals surface area (Å²) >= 11 is 0. The van der Waals surface area contributed by atoms with Crippen molar-refractivity contribution in [1.29, 1.82) is 0 Å². The van der Waals surface area contributed by atoms with Gasteiger partial charge >= 0.3 is 5.97 Å². The molecule has 12 heavy (non-hydrogen) atoms. The van der Waals surface area contributed by atoms with Gasteiger partial charge in [-0.1, -0.05) is 24.3 Å². The maximum atomic E-state index is 9.54. The van der Waals surface area contributed by atoms with E-state index in [0.717, 1.165) is 6.92 Å². The minimum atomic E-state index is -1.38. The first-order valence-corrected chi connectivity index (χ1v) is 3.70. The number of hydrogen-bond acceptors (Lipinski definition) is 2. The summed E-state index contributed by atoms with van der Waals surface area (Å²) in [5.74, 6) is -2.20. The van der Waals surface area contributed by atoms with E-state index in [9.17, 15) is 9.59 Å². The SMILES string of the molecule is C1=CCCC=C1.CC(=O)C(=O)O. The van der Waals surface area contributed by atoms with Crippen molar-refractivity contribution in [3.8, 4) is 0 Å². The highest BCUT2D eigenvalue weighted by atomic mass is 16.4. The standard InChI is InChI=1S/C6H8.C3H4O3/c1-2-4-6-5-3-1;1-2(4)3(5)6/h1-4H,5-6H2;1H3,(H,5,6). The first kappa shape index (κ1) is 10.6. The number of carboxylic acid groups (broad SMARTS) is 1. The molecule has 0 unspecified atom stereocenters. The number of Topliss-reactive ketones (excluding diaryl/α,β-unsaturated/α-hetero) is 1. The Labute approximate surface area is 71.4 Å². The minimum Gasteiger partial charge on any atom is -0.476 e. The van der Waals surface area contributed by atoms with Crippen LogP contribution in [-0.2, 0) is 9.59 Å². The number of carbonyl (C=O) groups is 2. The van der Waals surface area contributed by atoms with Crippen molar-refractivity contribution in [2.24, 2.45) is 0 Å². The monoisotopic (exact) mass is 168 g/mol. The van der Waals surface area contributed by atoms with Crippen LogP contribution in [0.4, 0.5) is 0 Å². The van der Waals surface area contributed by atoms with Gasteiger partial charge in [-0.15, -0.1) is 0 Å². The Bertz CT molecular complexity index is 190.